The van der Waals surface area contributed by atoms with E-state index in [2.05, 4.69) is 60.0 Å². The van der Waals surface area contributed by atoms with Gasteiger partial charge in [0.15, 0.2) is 0 Å². The minimum atomic E-state index is 0.712. The van der Waals surface area contributed by atoms with E-state index in [1.54, 1.807) is 0 Å². The average Bonchev–Trinajstić information content (AvgIpc) is 2.09. The monoisotopic (exact) mass is 301 g/mol. The minimum absolute atomic E-state index is 0.712. The maximum Gasteiger partial charge on any atom is 0.0353 e. The fraction of sp³-hybridized carbons (Fsp3) is 0.500. The van der Waals surface area contributed by atoms with Gasteiger partial charge in [-0.3, -0.25) is 0 Å². The summed E-state index contributed by atoms with van der Waals surface area (Å²) in [6, 6.07) is 7.31. The topological polar surface area (TPSA) is 12.0 Å². The molecule has 0 saturated heterocycles. The quantitative estimate of drug-likeness (QED) is 0.819. The smallest absolute Gasteiger partial charge is 0.0353 e. The van der Waals surface area contributed by atoms with Crippen LogP contribution in [-0.2, 0) is 0 Å². The van der Waals surface area contributed by atoms with Gasteiger partial charge in [0.1, 0.15) is 0 Å². The third-order valence-electron chi connectivity index (χ3n) is 2.92. The highest BCUT2D eigenvalue weighted by Crippen LogP contribution is 2.30. The van der Waals surface area contributed by atoms with Crippen LogP contribution >= 0.6 is 22.6 Å². The fourth-order valence-corrected chi connectivity index (χ4v) is 2.45. The van der Waals surface area contributed by atoms with Crippen LogP contribution in [0, 0.1) is 16.4 Å². The first-order valence-corrected chi connectivity index (χ1v) is 6.25. The third kappa shape index (κ3) is 2.22. The summed E-state index contributed by atoms with van der Waals surface area (Å²) in [6.45, 7) is 4.47. The molecule has 1 aliphatic carbocycles. The molecule has 1 saturated carbocycles. The van der Waals surface area contributed by atoms with Gasteiger partial charge in [-0.25, -0.2) is 0 Å². The lowest BCUT2D eigenvalue weighted by molar-refractivity contribution is 0.309. The van der Waals surface area contributed by atoms with Gasteiger partial charge in [0.25, 0.3) is 0 Å². The molecule has 0 radical (unpaired) electrons. The van der Waals surface area contributed by atoms with Gasteiger partial charge in [-0.2, -0.15) is 0 Å². The molecule has 1 aromatic rings. The molecule has 0 unspecified atom stereocenters. The second-order valence-corrected chi connectivity index (χ2v) is 5.54. The van der Waals surface area contributed by atoms with Gasteiger partial charge in [0, 0.05) is 15.3 Å². The number of halogens is 1. The highest BCUT2D eigenvalue weighted by Gasteiger charge is 2.24. The highest BCUT2D eigenvalue weighted by atomic mass is 127. The fourth-order valence-electron chi connectivity index (χ4n) is 1.94. The van der Waals surface area contributed by atoms with Crippen LogP contribution in [0.4, 0.5) is 5.69 Å². The highest BCUT2D eigenvalue weighted by molar-refractivity contribution is 14.1. The summed E-state index contributed by atoms with van der Waals surface area (Å²) in [7, 11) is 0. The molecule has 1 N–H and O–H groups in total. The Bertz CT molecular complexity index is 329. The molecule has 1 aliphatic rings. The standard InChI is InChI=1S/C12H16IN/c1-8-5-11(6-8)14-10-4-3-9(2)12(13)7-10/h3-4,7-8,11,14H,5-6H2,1-2H3. The van der Waals surface area contributed by atoms with Crippen molar-refractivity contribution in [2.45, 2.75) is 32.7 Å². The summed E-state index contributed by atoms with van der Waals surface area (Å²) in [4.78, 5) is 0. The largest absolute Gasteiger partial charge is 0.382 e. The van der Waals surface area contributed by atoms with Crippen molar-refractivity contribution in [1.82, 2.24) is 0 Å². The molecule has 2 heteroatoms. The van der Waals surface area contributed by atoms with E-state index in [0.717, 1.165) is 5.92 Å². The minimum Gasteiger partial charge on any atom is -0.382 e. The first-order chi connectivity index (χ1) is 6.65. The predicted octanol–water partition coefficient (Wildman–Crippen LogP) is 3.81. The number of rotatable bonds is 2. The number of benzene rings is 1. The Morgan fingerprint density at radius 3 is 2.64 bits per heavy atom. The van der Waals surface area contributed by atoms with E-state index in [9.17, 15) is 0 Å². The lowest BCUT2D eigenvalue weighted by atomic mass is 9.82. The van der Waals surface area contributed by atoms with E-state index in [0.29, 0.717) is 6.04 Å². The van der Waals surface area contributed by atoms with Crippen LogP contribution in [0.25, 0.3) is 0 Å². The van der Waals surface area contributed by atoms with Crippen LogP contribution in [0.15, 0.2) is 18.2 Å². The number of nitrogens with one attached hydrogen (secondary N) is 1. The lowest BCUT2D eigenvalue weighted by Gasteiger charge is -2.34. The molecule has 0 aliphatic heterocycles. The number of hydrogen-bond donors (Lipinski definition) is 1. The average molecular weight is 301 g/mol. The molecular formula is C12H16IN. The van der Waals surface area contributed by atoms with E-state index in [1.165, 1.54) is 27.7 Å². The summed E-state index contributed by atoms with van der Waals surface area (Å²) in [5.41, 5.74) is 2.63. The molecule has 1 aromatic carbocycles. The van der Waals surface area contributed by atoms with Crippen molar-refractivity contribution in [2.24, 2.45) is 5.92 Å². The van der Waals surface area contributed by atoms with E-state index in [1.807, 2.05) is 0 Å². The van der Waals surface area contributed by atoms with Crippen molar-refractivity contribution < 1.29 is 0 Å². The molecule has 0 spiro atoms. The van der Waals surface area contributed by atoms with Gasteiger partial charge in [0.2, 0.25) is 0 Å². The molecule has 0 bridgehead atoms. The second-order valence-electron chi connectivity index (χ2n) is 4.38. The first kappa shape index (κ1) is 10.3. The van der Waals surface area contributed by atoms with Gasteiger partial charge >= 0.3 is 0 Å². The molecule has 0 aromatic heterocycles. The van der Waals surface area contributed by atoms with E-state index in [-0.39, 0.29) is 0 Å². The number of hydrogen-bond acceptors (Lipinski definition) is 1. The Kier molecular flexibility index (Phi) is 3.00. The zero-order valence-electron chi connectivity index (χ0n) is 8.68. The van der Waals surface area contributed by atoms with Crippen molar-refractivity contribution in [2.75, 3.05) is 5.32 Å². The Balaban J connectivity index is 2.00. The second kappa shape index (κ2) is 4.09. The van der Waals surface area contributed by atoms with Crippen molar-refractivity contribution in [3.63, 3.8) is 0 Å². The Labute approximate surface area is 99.4 Å². The summed E-state index contributed by atoms with van der Waals surface area (Å²) in [5.74, 6) is 0.914. The molecule has 0 heterocycles. The molecule has 0 amide bonds. The predicted molar refractivity (Wildman–Crippen MR) is 69.7 cm³/mol. The summed E-state index contributed by atoms with van der Waals surface area (Å²) in [5, 5.41) is 3.57. The van der Waals surface area contributed by atoms with Gasteiger partial charge in [-0.05, 0) is 66.0 Å². The zero-order chi connectivity index (χ0) is 10.1. The molecule has 76 valence electrons. The van der Waals surface area contributed by atoms with Crippen LogP contribution in [-0.4, -0.2) is 6.04 Å². The third-order valence-corrected chi connectivity index (χ3v) is 4.08. The number of aryl methyl sites for hydroxylation is 1. The van der Waals surface area contributed by atoms with Crippen LogP contribution in [0.5, 0.6) is 0 Å². The summed E-state index contributed by atoms with van der Waals surface area (Å²) >= 11 is 2.39. The molecule has 0 atom stereocenters. The number of anilines is 1. The van der Waals surface area contributed by atoms with Crippen LogP contribution < -0.4 is 5.32 Å². The van der Waals surface area contributed by atoms with E-state index >= 15 is 0 Å². The first-order valence-electron chi connectivity index (χ1n) is 5.18. The summed E-state index contributed by atoms with van der Waals surface area (Å²) < 4.78 is 1.35. The Morgan fingerprint density at radius 1 is 1.36 bits per heavy atom. The van der Waals surface area contributed by atoms with E-state index < -0.39 is 0 Å². The maximum atomic E-state index is 3.57. The molecule has 2 rings (SSSR count). The maximum absolute atomic E-state index is 3.57. The van der Waals surface area contributed by atoms with Crippen molar-refractivity contribution in [3.8, 4) is 0 Å². The zero-order valence-corrected chi connectivity index (χ0v) is 10.8. The Morgan fingerprint density at radius 2 is 2.07 bits per heavy atom. The van der Waals surface area contributed by atoms with Crippen molar-refractivity contribution in [3.05, 3.63) is 27.3 Å². The molecule has 14 heavy (non-hydrogen) atoms. The van der Waals surface area contributed by atoms with Gasteiger partial charge in [-0.1, -0.05) is 13.0 Å². The normalized spacial score (nSPS) is 25.6. The van der Waals surface area contributed by atoms with Gasteiger partial charge in [0.05, 0.1) is 0 Å². The molecule has 1 fully saturated rings. The van der Waals surface area contributed by atoms with Crippen molar-refractivity contribution in [1.29, 1.82) is 0 Å². The van der Waals surface area contributed by atoms with E-state index in [4.69, 9.17) is 0 Å². The molecule has 1 nitrogen and oxygen atoms in total. The van der Waals surface area contributed by atoms with Crippen molar-refractivity contribution >= 4 is 28.3 Å². The van der Waals surface area contributed by atoms with Crippen LogP contribution in [0.1, 0.15) is 25.3 Å². The van der Waals surface area contributed by atoms with Crippen LogP contribution in [0.2, 0.25) is 0 Å². The molecular weight excluding hydrogens is 285 g/mol. The Hall–Kier alpha value is -0.250. The lowest BCUT2D eigenvalue weighted by Crippen LogP contribution is -2.33. The SMILES string of the molecule is Cc1ccc(NC2CC(C)C2)cc1I. The van der Waals surface area contributed by atoms with Gasteiger partial charge < -0.3 is 5.32 Å². The van der Waals surface area contributed by atoms with Gasteiger partial charge in [-0.15, -0.1) is 0 Å². The van der Waals surface area contributed by atoms with Crippen LogP contribution in [0.3, 0.4) is 0 Å². The summed E-state index contributed by atoms with van der Waals surface area (Å²) in [6.07, 6.45) is 2.65.